The van der Waals surface area contributed by atoms with Crippen molar-refractivity contribution in [1.29, 1.82) is 0 Å². The molecule has 70 valence electrons. The van der Waals surface area contributed by atoms with Gasteiger partial charge in [0.1, 0.15) is 0 Å². The Hall–Kier alpha value is -0.630. The Labute approximate surface area is 87.3 Å². The third-order valence-electron chi connectivity index (χ3n) is 1.93. The lowest BCUT2D eigenvalue weighted by atomic mass is 10.0. The molecular formula is C11H13BrO. The first-order valence-corrected chi connectivity index (χ1v) is 5.49. The smallest absolute Gasteiger partial charge is 0.162 e. The number of ketones is 1. The van der Waals surface area contributed by atoms with Gasteiger partial charge in [-0.1, -0.05) is 34.5 Å². The number of carbonyl (C=O) groups is 1. The maximum Gasteiger partial charge on any atom is 0.162 e. The van der Waals surface area contributed by atoms with E-state index >= 15 is 0 Å². The van der Waals surface area contributed by atoms with Crippen molar-refractivity contribution in [1.82, 2.24) is 0 Å². The summed E-state index contributed by atoms with van der Waals surface area (Å²) >= 11 is 3.39. The number of Topliss-reactive ketones (excluding diaryl/α,β-unsaturated/α-hetero) is 1. The van der Waals surface area contributed by atoms with E-state index in [9.17, 15) is 4.79 Å². The van der Waals surface area contributed by atoms with Crippen LogP contribution in [0.15, 0.2) is 18.2 Å². The normalized spacial score (nSPS) is 10.1. The molecule has 0 aliphatic rings. The number of hydrogen-bond acceptors (Lipinski definition) is 1. The zero-order chi connectivity index (χ0) is 9.84. The van der Waals surface area contributed by atoms with Gasteiger partial charge in [-0.3, -0.25) is 4.79 Å². The molecule has 0 aromatic heterocycles. The van der Waals surface area contributed by atoms with Gasteiger partial charge in [0.2, 0.25) is 0 Å². The van der Waals surface area contributed by atoms with E-state index in [1.165, 1.54) is 0 Å². The van der Waals surface area contributed by atoms with Crippen molar-refractivity contribution in [3.63, 3.8) is 0 Å². The van der Waals surface area contributed by atoms with Crippen molar-refractivity contribution in [3.05, 3.63) is 34.9 Å². The molecule has 1 rings (SSSR count). The van der Waals surface area contributed by atoms with E-state index in [4.69, 9.17) is 0 Å². The van der Waals surface area contributed by atoms with Crippen molar-refractivity contribution < 1.29 is 4.79 Å². The average molecular weight is 241 g/mol. The summed E-state index contributed by atoms with van der Waals surface area (Å²) in [5.41, 5.74) is 3.14. The van der Waals surface area contributed by atoms with Crippen molar-refractivity contribution in [2.75, 3.05) is 0 Å². The number of halogens is 1. The summed E-state index contributed by atoms with van der Waals surface area (Å²) < 4.78 is 0. The lowest BCUT2D eigenvalue weighted by Gasteiger charge is -2.03. The van der Waals surface area contributed by atoms with Crippen molar-refractivity contribution >= 4 is 21.7 Å². The number of alkyl halides is 1. The second-order valence-electron chi connectivity index (χ2n) is 3.12. The largest absolute Gasteiger partial charge is 0.294 e. The molecule has 0 spiro atoms. The van der Waals surface area contributed by atoms with Gasteiger partial charge in [0.25, 0.3) is 0 Å². The number of carbonyl (C=O) groups excluding carboxylic acids is 1. The second-order valence-corrected chi connectivity index (χ2v) is 3.68. The minimum absolute atomic E-state index is 0.214. The molecule has 0 saturated carbocycles. The van der Waals surface area contributed by atoms with Gasteiger partial charge in [0, 0.05) is 17.3 Å². The molecule has 0 aliphatic heterocycles. The molecule has 1 aromatic carbocycles. The van der Waals surface area contributed by atoms with Gasteiger partial charge in [0.15, 0.2) is 5.78 Å². The zero-order valence-corrected chi connectivity index (χ0v) is 9.52. The first kappa shape index (κ1) is 10.5. The minimum atomic E-state index is 0.214. The van der Waals surface area contributed by atoms with Crippen LogP contribution in [0.4, 0.5) is 0 Å². The summed E-state index contributed by atoms with van der Waals surface area (Å²) in [6.45, 7) is 3.90. The lowest BCUT2D eigenvalue weighted by Crippen LogP contribution is -1.98. The number of rotatable bonds is 3. The van der Waals surface area contributed by atoms with Gasteiger partial charge in [-0.25, -0.2) is 0 Å². The van der Waals surface area contributed by atoms with Crippen LogP contribution in [0.5, 0.6) is 0 Å². The molecule has 0 radical (unpaired) electrons. The quantitative estimate of drug-likeness (QED) is 0.584. The Morgan fingerprint density at radius 3 is 2.62 bits per heavy atom. The maximum atomic E-state index is 11.4. The van der Waals surface area contributed by atoms with Gasteiger partial charge in [0.05, 0.1) is 0 Å². The van der Waals surface area contributed by atoms with Gasteiger partial charge in [-0.05, 0) is 24.6 Å². The van der Waals surface area contributed by atoms with Crippen LogP contribution in [0, 0.1) is 6.92 Å². The third kappa shape index (κ3) is 2.66. The zero-order valence-electron chi connectivity index (χ0n) is 7.93. The van der Waals surface area contributed by atoms with Gasteiger partial charge < -0.3 is 0 Å². The average Bonchev–Trinajstić information content (AvgIpc) is 2.15. The predicted octanol–water partition coefficient (Wildman–Crippen LogP) is 3.48. The molecule has 2 heteroatoms. The monoisotopic (exact) mass is 240 g/mol. The van der Waals surface area contributed by atoms with Crippen LogP contribution in [0.3, 0.4) is 0 Å². The van der Waals surface area contributed by atoms with Crippen molar-refractivity contribution in [3.8, 4) is 0 Å². The fourth-order valence-corrected chi connectivity index (χ4v) is 1.63. The number of benzene rings is 1. The van der Waals surface area contributed by atoms with Crippen LogP contribution in [-0.4, -0.2) is 5.78 Å². The van der Waals surface area contributed by atoms with Crippen LogP contribution in [0.2, 0.25) is 0 Å². The molecule has 0 aliphatic carbocycles. The fraction of sp³-hybridized carbons (Fsp3) is 0.364. The number of hydrogen-bond donors (Lipinski definition) is 0. The van der Waals surface area contributed by atoms with Crippen molar-refractivity contribution in [2.45, 2.75) is 25.6 Å². The van der Waals surface area contributed by atoms with E-state index < -0.39 is 0 Å². The summed E-state index contributed by atoms with van der Waals surface area (Å²) in [6, 6.07) is 5.98. The SMILES string of the molecule is CCC(=O)c1cc(C)cc(CBr)c1. The molecule has 0 heterocycles. The molecule has 1 nitrogen and oxygen atoms in total. The Kier molecular flexibility index (Phi) is 3.67. The van der Waals surface area contributed by atoms with Crippen LogP contribution >= 0.6 is 15.9 Å². The Balaban J connectivity index is 3.08. The van der Waals surface area contributed by atoms with E-state index in [2.05, 4.69) is 22.0 Å². The Morgan fingerprint density at radius 1 is 1.38 bits per heavy atom. The maximum absolute atomic E-state index is 11.4. The van der Waals surface area contributed by atoms with E-state index in [0.717, 1.165) is 22.0 Å². The number of aryl methyl sites for hydroxylation is 1. The Morgan fingerprint density at radius 2 is 2.08 bits per heavy atom. The van der Waals surface area contributed by atoms with Crippen LogP contribution in [0.1, 0.15) is 34.8 Å². The van der Waals surface area contributed by atoms with Gasteiger partial charge in [-0.15, -0.1) is 0 Å². The van der Waals surface area contributed by atoms with Gasteiger partial charge >= 0.3 is 0 Å². The fourth-order valence-electron chi connectivity index (χ4n) is 1.30. The molecule has 0 amide bonds. The molecule has 0 N–H and O–H groups in total. The topological polar surface area (TPSA) is 17.1 Å². The van der Waals surface area contributed by atoms with E-state index in [-0.39, 0.29) is 5.78 Å². The Bertz CT molecular complexity index is 318. The first-order valence-electron chi connectivity index (χ1n) is 4.37. The molecule has 0 bridgehead atoms. The highest BCUT2D eigenvalue weighted by Crippen LogP contribution is 2.13. The molecule has 0 saturated heterocycles. The molecule has 0 fully saturated rings. The van der Waals surface area contributed by atoms with Gasteiger partial charge in [-0.2, -0.15) is 0 Å². The highest BCUT2D eigenvalue weighted by molar-refractivity contribution is 9.08. The summed E-state index contributed by atoms with van der Waals surface area (Å²) in [5, 5.41) is 0.804. The predicted molar refractivity (Wildman–Crippen MR) is 58.4 cm³/mol. The minimum Gasteiger partial charge on any atom is -0.294 e. The van der Waals surface area contributed by atoms with E-state index in [1.807, 2.05) is 26.0 Å². The highest BCUT2D eigenvalue weighted by atomic mass is 79.9. The van der Waals surface area contributed by atoms with Crippen LogP contribution in [-0.2, 0) is 5.33 Å². The first-order chi connectivity index (χ1) is 6.17. The highest BCUT2D eigenvalue weighted by Gasteiger charge is 2.04. The second kappa shape index (κ2) is 4.56. The van der Waals surface area contributed by atoms with Crippen molar-refractivity contribution in [2.24, 2.45) is 0 Å². The van der Waals surface area contributed by atoms with E-state index in [1.54, 1.807) is 0 Å². The van der Waals surface area contributed by atoms with E-state index in [0.29, 0.717) is 6.42 Å². The summed E-state index contributed by atoms with van der Waals surface area (Å²) in [5.74, 6) is 0.214. The van der Waals surface area contributed by atoms with Crippen LogP contribution in [0.25, 0.3) is 0 Å². The van der Waals surface area contributed by atoms with Crippen LogP contribution < -0.4 is 0 Å². The molecule has 0 unspecified atom stereocenters. The summed E-state index contributed by atoms with van der Waals surface area (Å²) in [6.07, 6.45) is 0.575. The summed E-state index contributed by atoms with van der Waals surface area (Å²) in [4.78, 5) is 11.4. The molecule has 1 aromatic rings. The standard InChI is InChI=1S/C11H13BrO/c1-3-11(13)10-5-8(2)4-9(6-10)7-12/h4-6H,3,7H2,1-2H3. The molecule has 0 atom stereocenters. The lowest BCUT2D eigenvalue weighted by molar-refractivity contribution is 0.0988. The third-order valence-corrected chi connectivity index (χ3v) is 2.58. The molecular weight excluding hydrogens is 228 g/mol. The summed E-state index contributed by atoms with van der Waals surface area (Å²) in [7, 11) is 0. The molecule has 13 heavy (non-hydrogen) atoms.